The molecule has 1 N–H and O–H groups in total. The van der Waals surface area contributed by atoms with E-state index in [1.807, 2.05) is 18.7 Å². The van der Waals surface area contributed by atoms with Crippen LogP contribution in [0.15, 0.2) is 0 Å². The molecule has 9 heteroatoms. The Morgan fingerprint density at radius 2 is 2.04 bits per heavy atom. The van der Waals surface area contributed by atoms with Crippen LogP contribution in [0.25, 0.3) is 0 Å². The van der Waals surface area contributed by atoms with Gasteiger partial charge >= 0.3 is 0 Å². The van der Waals surface area contributed by atoms with Crippen molar-refractivity contribution in [1.29, 1.82) is 0 Å². The molecule has 0 bridgehead atoms. The number of carbonyl (C=O) groups is 2. The first-order chi connectivity index (χ1) is 12.9. The lowest BCUT2D eigenvalue weighted by Crippen LogP contribution is -2.46. The maximum atomic E-state index is 12.9. The highest BCUT2D eigenvalue weighted by molar-refractivity contribution is 5.79. The summed E-state index contributed by atoms with van der Waals surface area (Å²) >= 11 is 0. The Balaban J connectivity index is 1.59. The molecular formula is C18H31N7O2. The number of hydrogen-bond acceptors (Lipinski definition) is 6. The van der Waals surface area contributed by atoms with E-state index in [0.717, 1.165) is 31.3 Å². The fourth-order valence-corrected chi connectivity index (χ4v) is 3.75. The third-order valence-electron chi connectivity index (χ3n) is 5.58. The van der Waals surface area contributed by atoms with Crippen LogP contribution in [0.1, 0.15) is 52.3 Å². The van der Waals surface area contributed by atoms with Crippen LogP contribution in [0.3, 0.4) is 0 Å². The van der Waals surface area contributed by atoms with E-state index in [1.165, 1.54) is 12.8 Å². The van der Waals surface area contributed by atoms with Crippen molar-refractivity contribution in [2.24, 2.45) is 5.92 Å². The minimum atomic E-state index is -0.0213. The van der Waals surface area contributed by atoms with Gasteiger partial charge in [0, 0.05) is 25.0 Å². The maximum absolute atomic E-state index is 12.9. The van der Waals surface area contributed by atoms with Crippen molar-refractivity contribution < 1.29 is 9.59 Å². The number of aromatic nitrogens is 4. The number of hydrogen-bond donors (Lipinski definition) is 1. The molecule has 1 unspecified atom stereocenters. The molecule has 2 aliphatic rings. The number of nitrogens with zero attached hydrogens (tertiary/aromatic N) is 6. The monoisotopic (exact) mass is 377 g/mol. The van der Waals surface area contributed by atoms with E-state index in [2.05, 4.69) is 32.7 Å². The third kappa shape index (κ3) is 5.24. The van der Waals surface area contributed by atoms with Crippen molar-refractivity contribution in [3.63, 3.8) is 0 Å². The number of carbonyl (C=O) groups excluding carboxylic acids is 2. The molecule has 2 amide bonds. The number of rotatable bonds is 7. The van der Waals surface area contributed by atoms with E-state index in [-0.39, 0.29) is 30.4 Å². The largest absolute Gasteiger partial charge is 0.352 e. The van der Waals surface area contributed by atoms with Gasteiger partial charge in [0.25, 0.3) is 0 Å². The summed E-state index contributed by atoms with van der Waals surface area (Å²) in [5.41, 5.74) is 0. The van der Waals surface area contributed by atoms with Crippen molar-refractivity contribution >= 4 is 11.8 Å². The zero-order chi connectivity index (χ0) is 19.4. The molecule has 0 aliphatic carbocycles. The molecule has 2 aliphatic heterocycles. The van der Waals surface area contributed by atoms with E-state index >= 15 is 0 Å². The quantitative estimate of drug-likeness (QED) is 0.740. The second-order valence-electron chi connectivity index (χ2n) is 8.15. The molecule has 1 aromatic rings. The maximum Gasteiger partial charge on any atom is 0.244 e. The Labute approximate surface area is 160 Å². The van der Waals surface area contributed by atoms with Gasteiger partial charge in [-0.25, -0.2) is 4.68 Å². The van der Waals surface area contributed by atoms with Gasteiger partial charge in [0.1, 0.15) is 6.54 Å². The first-order valence-electron chi connectivity index (χ1n) is 9.98. The van der Waals surface area contributed by atoms with Gasteiger partial charge in [0.15, 0.2) is 5.82 Å². The molecule has 0 saturated carbocycles. The summed E-state index contributed by atoms with van der Waals surface area (Å²) in [6.45, 7) is 9.69. The molecule has 3 heterocycles. The lowest BCUT2D eigenvalue weighted by molar-refractivity contribution is -0.134. The first-order valence-corrected chi connectivity index (χ1v) is 9.98. The average molecular weight is 377 g/mol. The van der Waals surface area contributed by atoms with Crippen molar-refractivity contribution in [3.05, 3.63) is 5.82 Å². The van der Waals surface area contributed by atoms with Crippen LogP contribution in [-0.2, 0) is 22.7 Å². The second-order valence-corrected chi connectivity index (χ2v) is 8.15. The zero-order valence-electron chi connectivity index (χ0n) is 16.6. The Morgan fingerprint density at radius 3 is 2.67 bits per heavy atom. The molecule has 150 valence electrons. The van der Waals surface area contributed by atoms with Crippen LogP contribution >= 0.6 is 0 Å². The molecule has 0 spiro atoms. The van der Waals surface area contributed by atoms with Gasteiger partial charge in [-0.1, -0.05) is 6.92 Å². The van der Waals surface area contributed by atoms with Crippen molar-refractivity contribution in [2.75, 3.05) is 19.6 Å². The molecule has 0 aromatic carbocycles. The van der Waals surface area contributed by atoms with Crippen LogP contribution in [0.4, 0.5) is 0 Å². The minimum Gasteiger partial charge on any atom is -0.352 e. The smallest absolute Gasteiger partial charge is 0.244 e. The molecule has 1 aromatic heterocycles. The molecule has 3 rings (SSSR count). The predicted octanol–water partition coefficient (Wildman–Crippen LogP) is 0.421. The first kappa shape index (κ1) is 19.7. The Bertz CT molecular complexity index is 652. The number of piperidine rings is 1. The van der Waals surface area contributed by atoms with E-state index in [4.69, 9.17) is 0 Å². The molecule has 9 nitrogen and oxygen atoms in total. The Morgan fingerprint density at radius 1 is 1.30 bits per heavy atom. The third-order valence-corrected chi connectivity index (χ3v) is 5.58. The van der Waals surface area contributed by atoms with Crippen LogP contribution in [0.5, 0.6) is 0 Å². The summed E-state index contributed by atoms with van der Waals surface area (Å²) in [5.74, 6) is 1.55. The van der Waals surface area contributed by atoms with Crippen LogP contribution in [0, 0.1) is 5.92 Å². The topological polar surface area (TPSA) is 96.2 Å². The highest BCUT2D eigenvalue weighted by Crippen LogP contribution is 2.17. The van der Waals surface area contributed by atoms with E-state index in [0.29, 0.717) is 19.5 Å². The summed E-state index contributed by atoms with van der Waals surface area (Å²) in [5, 5.41) is 14.9. The normalized spacial score (nSPS) is 21.6. The number of nitrogens with one attached hydrogen (secondary N) is 1. The number of amides is 2. The van der Waals surface area contributed by atoms with Gasteiger partial charge in [0.2, 0.25) is 11.8 Å². The second kappa shape index (κ2) is 8.77. The molecule has 2 saturated heterocycles. The van der Waals surface area contributed by atoms with Crippen molar-refractivity contribution in [1.82, 2.24) is 35.3 Å². The van der Waals surface area contributed by atoms with Gasteiger partial charge in [-0.15, -0.1) is 5.10 Å². The summed E-state index contributed by atoms with van der Waals surface area (Å²) in [6, 6.07) is 0.0889. The average Bonchev–Trinajstić information content (AvgIpc) is 3.23. The van der Waals surface area contributed by atoms with Crippen LogP contribution in [0.2, 0.25) is 0 Å². The van der Waals surface area contributed by atoms with Crippen molar-refractivity contribution in [2.45, 2.75) is 71.6 Å². The SMILES string of the molecule is CC1CCN(Cc2nnnn2CC(=O)N(CC2CCC(=O)N2)C(C)C)CC1. The Kier molecular flexibility index (Phi) is 6.41. The van der Waals surface area contributed by atoms with Gasteiger partial charge in [-0.2, -0.15) is 0 Å². The number of likely N-dealkylation sites (tertiary alicyclic amines) is 1. The summed E-state index contributed by atoms with van der Waals surface area (Å²) < 4.78 is 1.61. The Hall–Kier alpha value is -2.03. The highest BCUT2D eigenvalue weighted by Gasteiger charge is 2.27. The van der Waals surface area contributed by atoms with Crippen LogP contribution < -0.4 is 5.32 Å². The fourth-order valence-electron chi connectivity index (χ4n) is 3.75. The van der Waals surface area contributed by atoms with Gasteiger partial charge < -0.3 is 10.2 Å². The van der Waals surface area contributed by atoms with Gasteiger partial charge in [-0.05, 0) is 62.5 Å². The van der Waals surface area contributed by atoms with E-state index in [9.17, 15) is 9.59 Å². The molecule has 2 fully saturated rings. The zero-order valence-corrected chi connectivity index (χ0v) is 16.6. The molecular weight excluding hydrogens is 346 g/mol. The lowest BCUT2D eigenvalue weighted by atomic mass is 9.99. The summed E-state index contributed by atoms with van der Waals surface area (Å²) in [7, 11) is 0. The number of tetrazole rings is 1. The summed E-state index contributed by atoms with van der Waals surface area (Å²) in [4.78, 5) is 28.5. The fraction of sp³-hybridized carbons (Fsp3) is 0.833. The molecule has 27 heavy (non-hydrogen) atoms. The van der Waals surface area contributed by atoms with E-state index in [1.54, 1.807) is 4.68 Å². The highest BCUT2D eigenvalue weighted by atomic mass is 16.2. The minimum absolute atomic E-state index is 0.0213. The van der Waals surface area contributed by atoms with E-state index < -0.39 is 0 Å². The predicted molar refractivity (Wildman–Crippen MR) is 99.5 cm³/mol. The standard InChI is InChI=1S/C18H31N7O2/c1-13(2)24(10-15-4-5-17(26)19-15)18(27)12-25-16(20-21-22-25)11-23-8-6-14(3)7-9-23/h13-15H,4-12H2,1-3H3,(H,19,26). The van der Waals surface area contributed by atoms with Crippen molar-refractivity contribution in [3.8, 4) is 0 Å². The van der Waals surface area contributed by atoms with Crippen LogP contribution in [-0.4, -0.2) is 73.5 Å². The molecule has 0 radical (unpaired) electrons. The summed E-state index contributed by atoms with van der Waals surface area (Å²) in [6.07, 6.45) is 3.69. The molecule has 1 atom stereocenters. The van der Waals surface area contributed by atoms with Gasteiger partial charge in [0.05, 0.1) is 6.54 Å². The van der Waals surface area contributed by atoms with Gasteiger partial charge in [-0.3, -0.25) is 14.5 Å². The lowest BCUT2D eigenvalue weighted by Gasteiger charge is -2.30.